The Morgan fingerprint density at radius 1 is 1.22 bits per heavy atom. The molecule has 0 spiro atoms. The second-order valence-corrected chi connectivity index (χ2v) is 6.05. The van der Waals surface area contributed by atoms with Crippen LogP contribution in [0.1, 0.15) is 15.9 Å². The Kier molecular flexibility index (Phi) is 4.30. The van der Waals surface area contributed by atoms with Crippen molar-refractivity contribution in [1.82, 2.24) is 4.98 Å². The lowest BCUT2D eigenvalue weighted by Gasteiger charge is -2.12. The minimum atomic E-state index is -0.355. The molecule has 1 heterocycles. The molecule has 0 amide bonds. The first-order valence-corrected chi connectivity index (χ1v) is 7.88. The lowest BCUT2D eigenvalue weighted by atomic mass is 10.1. The highest BCUT2D eigenvalue weighted by Crippen LogP contribution is 2.31. The number of carbonyl (C=O) groups excluding carboxylic acids is 1. The molecule has 0 fully saturated rings. The fourth-order valence-corrected chi connectivity index (χ4v) is 3.13. The van der Waals surface area contributed by atoms with Crippen molar-refractivity contribution >= 4 is 44.2 Å². The number of nitrogens with one attached hydrogen (secondary N) is 1. The number of benzene rings is 2. The van der Waals surface area contributed by atoms with Crippen molar-refractivity contribution in [3.63, 3.8) is 0 Å². The average Bonchev–Trinajstić information content (AvgIpc) is 2.55. The molecule has 0 aliphatic rings. The molecule has 0 bridgehead atoms. The van der Waals surface area contributed by atoms with Crippen LogP contribution in [0.15, 0.2) is 53.1 Å². The standard InChI is InChI=1S/C18H15BrN2O2/c1-11-8-14-16(6-7-20-17(14)15(19)9-11)21-13-5-3-4-12(10-13)18(22)23-2/h3-10H,1-2H3,(H,20,21). The molecule has 0 saturated carbocycles. The SMILES string of the molecule is COC(=O)c1cccc(Nc2ccnc3c(Br)cc(C)cc23)c1. The smallest absolute Gasteiger partial charge is 0.337 e. The molecule has 0 atom stereocenters. The van der Waals surface area contributed by atoms with Crippen molar-refractivity contribution in [3.05, 3.63) is 64.3 Å². The molecule has 0 saturated heterocycles. The lowest BCUT2D eigenvalue weighted by Crippen LogP contribution is -2.02. The van der Waals surface area contributed by atoms with Crippen molar-refractivity contribution in [3.8, 4) is 0 Å². The third-order valence-electron chi connectivity index (χ3n) is 3.51. The summed E-state index contributed by atoms with van der Waals surface area (Å²) in [5.74, 6) is -0.355. The monoisotopic (exact) mass is 370 g/mol. The van der Waals surface area contributed by atoms with Crippen LogP contribution in [-0.2, 0) is 4.74 Å². The van der Waals surface area contributed by atoms with Gasteiger partial charge in [0.25, 0.3) is 0 Å². The zero-order chi connectivity index (χ0) is 16.4. The van der Waals surface area contributed by atoms with Gasteiger partial charge in [0.2, 0.25) is 0 Å². The van der Waals surface area contributed by atoms with Gasteiger partial charge in [-0.05, 0) is 64.8 Å². The number of hydrogen-bond donors (Lipinski definition) is 1. The van der Waals surface area contributed by atoms with Crippen LogP contribution in [-0.4, -0.2) is 18.1 Å². The highest BCUT2D eigenvalue weighted by molar-refractivity contribution is 9.10. The summed E-state index contributed by atoms with van der Waals surface area (Å²) in [6, 6.07) is 13.3. The van der Waals surface area contributed by atoms with Crippen LogP contribution in [0.25, 0.3) is 10.9 Å². The van der Waals surface area contributed by atoms with Gasteiger partial charge in [0.15, 0.2) is 0 Å². The van der Waals surface area contributed by atoms with Crippen LogP contribution in [0.4, 0.5) is 11.4 Å². The van der Waals surface area contributed by atoms with Gasteiger partial charge in [-0.15, -0.1) is 0 Å². The second kappa shape index (κ2) is 6.38. The number of nitrogens with zero attached hydrogens (tertiary/aromatic N) is 1. The Morgan fingerprint density at radius 3 is 2.83 bits per heavy atom. The summed E-state index contributed by atoms with van der Waals surface area (Å²) in [4.78, 5) is 16.1. The van der Waals surface area contributed by atoms with Gasteiger partial charge < -0.3 is 10.1 Å². The van der Waals surface area contributed by atoms with Gasteiger partial charge in [-0.2, -0.15) is 0 Å². The molecule has 1 N–H and O–H groups in total. The molecule has 1 aromatic heterocycles. The van der Waals surface area contributed by atoms with E-state index >= 15 is 0 Å². The maximum Gasteiger partial charge on any atom is 0.337 e. The van der Waals surface area contributed by atoms with Crippen LogP contribution in [0.3, 0.4) is 0 Å². The van der Waals surface area contributed by atoms with E-state index in [4.69, 9.17) is 4.74 Å². The predicted octanol–water partition coefficient (Wildman–Crippen LogP) is 4.84. The number of fused-ring (bicyclic) bond motifs is 1. The summed E-state index contributed by atoms with van der Waals surface area (Å²) in [5.41, 5.74) is 4.29. The first-order valence-electron chi connectivity index (χ1n) is 7.09. The number of hydrogen-bond acceptors (Lipinski definition) is 4. The van der Waals surface area contributed by atoms with Gasteiger partial charge in [0.1, 0.15) is 0 Å². The van der Waals surface area contributed by atoms with E-state index in [1.165, 1.54) is 7.11 Å². The van der Waals surface area contributed by atoms with Crippen LogP contribution in [0.5, 0.6) is 0 Å². The summed E-state index contributed by atoms with van der Waals surface area (Å²) in [6.07, 6.45) is 1.76. The Bertz CT molecular complexity index is 893. The number of esters is 1. The summed E-state index contributed by atoms with van der Waals surface area (Å²) >= 11 is 3.56. The Labute approximate surface area is 142 Å². The van der Waals surface area contributed by atoms with Crippen molar-refractivity contribution in [1.29, 1.82) is 0 Å². The van der Waals surface area contributed by atoms with Crippen molar-refractivity contribution in [2.75, 3.05) is 12.4 Å². The Balaban J connectivity index is 2.04. The van der Waals surface area contributed by atoms with Gasteiger partial charge in [0.05, 0.1) is 18.2 Å². The number of rotatable bonds is 3. The second-order valence-electron chi connectivity index (χ2n) is 5.20. The third-order valence-corrected chi connectivity index (χ3v) is 4.11. The minimum absolute atomic E-state index is 0.355. The summed E-state index contributed by atoms with van der Waals surface area (Å²) in [7, 11) is 1.37. The van der Waals surface area contributed by atoms with E-state index in [-0.39, 0.29) is 5.97 Å². The van der Waals surface area contributed by atoms with E-state index in [0.29, 0.717) is 5.56 Å². The maximum absolute atomic E-state index is 11.7. The summed E-state index contributed by atoms with van der Waals surface area (Å²) in [5, 5.41) is 4.37. The molecule has 3 rings (SSSR count). The topological polar surface area (TPSA) is 51.2 Å². The quantitative estimate of drug-likeness (QED) is 0.670. The number of aryl methyl sites for hydroxylation is 1. The third kappa shape index (κ3) is 3.19. The Morgan fingerprint density at radius 2 is 2.04 bits per heavy atom. The molecule has 0 aliphatic heterocycles. The fraction of sp³-hybridized carbons (Fsp3) is 0.111. The largest absolute Gasteiger partial charge is 0.465 e. The Hall–Kier alpha value is -2.40. The molecule has 0 unspecified atom stereocenters. The molecule has 5 heteroatoms. The van der Waals surface area contributed by atoms with Gasteiger partial charge in [0, 0.05) is 27.4 Å². The van der Waals surface area contributed by atoms with E-state index in [1.807, 2.05) is 31.2 Å². The van der Waals surface area contributed by atoms with Gasteiger partial charge >= 0.3 is 5.97 Å². The van der Waals surface area contributed by atoms with Crippen molar-refractivity contribution in [2.45, 2.75) is 6.92 Å². The van der Waals surface area contributed by atoms with E-state index in [1.54, 1.807) is 18.3 Å². The molecular weight excluding hydrogens is 356 g/mol. The normalized spacial score (nSPS) is 10.6. The van der Waals surface area contributed by atoms with Gasteiger partial charge in [-0.3, -0.25) is 4.98 Å². The summed E-state index contributed by atoms with van der Waals surface area (Å²) in [6.45, 7) is 2.04. The minimum Gasteiger partial charge on any atom is -0.465 e. The molecule has 116 valence electrons. The highest BCUT2D eigenvalue weighted by Gasteiger charge is 2.09. The van der Waals surface area contributed by atoms with E-state index in [0.717, 1.165) is 32.3 Å². The number of halogens is 1. The molecule has 3 aromatic rings. The molecule has 2 aromatic carbocycles. The van der Waals surface area contributed by atoms with E-state index in [9.17, 15) is 4.79 Å². The summed E-state index contributed by atoms with van der Waals surface area (Å²) < 4.78 is 5.72. The predicted molar refractivity (Wildman–Crippen MR) is 95.2 cm³/mol. The first-order chi connectivity index (χ1) is 11.1. The van der Waals surface area contributed by atoms with Crippen molar-refractivity contribution in [2.24, 2.45) is 0 Å². The van der Waals surface area contributed by atoms with Crippen LogP contribution < -0.4 is 5.32 Å². The number of ether oxygens (including phenoxy) is 1. The number of aromatic nitrogens is 1. The van der Waals surface area contributed by atoms with Gasteiger partial charge in [-0.1, -0.05) is 6.07 Å². The van der Waals surface area contributed by atoms with Crippen LogP contribution in [0.2, 0.25) is 0 Å². The van der Waals surface area contributed by atoms with Crippen LogP contribution in [0, 0.1) is 6.92 Å². The van der Waals surface area contributed by atoms with E-state index < -0.39 is 0 Å². The zero-order valence-electron chi connectivity index (χ0n) is 12.8. The van der Waals surface area contributed by atoms with Gasteiger partial charge in [-0.25, -0.2) is 4.79 Å². The number of pyridine rings is 1. The first kappa shape index (κ1) is 15.5. The number of carbonyl (C=O) groups is 1. The maximum atomic E-state index is 11.7. The zero-order valence-corrected chi connectivity index (χ0v) is 14.3. The molecule has 0 aliphatic carbocycles. The fourth-order valence-electron chi connectivity index (χ4n) is 2.45. The average molecular weight is 371 g/mol. The molecule has 0 radical (unpaired) electrons. The molecule has 23 heavy (non-hydrogen) atoms. The number of methoxy groups -OCH3 is 1. The van der Waals surface area contributed by atoms with Crippen LogP contribution >= 0.6 is 15.9 Å². The molecule has 4 nitrogen and oxygen atoms in total. The number of anilines is 2. The van der Waals surface area contributed by atoms with E-state index in [2.05, 4.69) is 32.3 Å². The highest BCUT2D eigenvalue weighted by atomic mass is 79.9. The van der Waals surface area contributed by atoms with Crippen molar-refractivity contribution < 1.29 is 9.53 Å². The molecular formula is C18H15BrN2O2. The lowest BCUT2D eigenvalue weighted by molar-refractivity contribution is 0.0601.